The topological polar surface area (TPSA) is 46.5 Å². The van der Waals surface area contributed by atoms with Crippen LogP contribution in [0.4, 0.5) is 0 Å². The molecular formula is C10H14O3. The van der Waals surface area contributed by atoms with Crippen molar-refractivity contribution < 1.29 is 14.6 Å². The van der Waals surface area contributed by atoms with E-state index in [2.05, 4.69) is 0 Å². The van der Waals surface area contributed by atoms with Gasteiger partial charge in [0.25, 0.3) is 0 Å². The summed E-state index contributed by atoms with van der Waals surface area (Å²) in [6.45, 7) is 0. The lowest BCUT2D eigenvalue weighted by atomic mass is 9.62. The van der Waals surface area contributed by atoms with Crippen LogP contribution < -0.4 is 0 Å². The van der Waals surface area contributed by atoms with E-state index in [1.807, 2.05) is 0 Å². The third-order valence-corrected chi connectivity index (χ3v) is 3.88. The van der Waals surface area contributed by atoms with Gasteiger partial charge in [0.05, 0.1) is 6.10 Å². The smallest absolute Gasteiger partial charge is 0.336 e. The summed E-state index contributed by atoms with van der Waals surface area (Å²) < 4.78 is 5.67. The molecule has 2 saturated carbocycles. The Bertz CT molecular complexity index is 224. The molecule has 1 N–H and O–H groups in total. The second-order valence-electron chi connectivity index (χ2n) is 4.89. The Hall–Kier alpha value is -0.570. The summed E-state index contributed by atoms with van der Waals surface area (Å²) in [5, 5.41) is 9.15. The third-order valence-electron chi connectivity index (χ3n) is 3.88. The minimum absolute atomic E-state index is 0.252. The van der Waals surface area contributed by atoms with Gasteiger partial charge in [-0.3, -0.25) is 0 Å². The van der Waals surface area contributed by atoms with Crippen molar-refractivity contribution in [3.8, 4) is 0 Å². The van der Waals surface area contributed by atoms with E-state index in [0.29, 0.717) is 11.8 Å². The Balaban J connectivity index is 1.95. The van der Waals surface area contributed by atoms with Gasteiger partial charge in [0.2, 0.25) is 0 Å². The zero-order chi connectivity index (χ0) is 9.05. The highest BCUT2D eigenvalue weighted by Crippen LogP contribution is 2.52. The predicted octanol–water partition coefficient (Wildman–Crippen LogP) is 1.42. The first kappa shape index (κ1) is 7.80. The lowest BCUT2D eigenvalue weighted by molar-refractivity contribution is -0.230. The van der Waals surface area contributed by atoms with E-state index in [4.69, 9.17) is 9.84 Å². The molecule has 0 radical (unpaired) electrons. The van der Waals surface area contributed by atoms with Gasteiger partial charge in [-0.15, -0.1) is 0 Å². The van der Waals surface area contributed by atoms with Crippen LogP contribution in [0.5, 0.6) is 0 Å². The van der Waals surface area contributed by atoms with E-state index in [1.165, 1.54) is 6.42 Å². The molecule has 2 unspecified atom stereocenters. The maximum Gasteiger partial charge on any atom is 0.336 e. The van der Waals surface area contributed by atoms with Gasteiger partial charge in [-0.25, -0.2) is 4.79 Å². The average molecular weight is 182 g/mol. The van der Waals surface area contributed by atoms with E-state index in [1.54, 1.807) is 0 Å². The van der Waals surface area contributed by atoms with Crippen LogP contribution in [0.1, 0.15) is 32.1 Å². The molecule has 13 heavy (non-hydrogen) atoms. The number of hydrogen-bond acceptors (Lipinski definition) is 2. The van der Waals surface area contributed by atoms with Gasteiger partial charge in [-0.05, 0) is 43.9 Å². The van der Waals surface area contributed by atoms with Gasteiger partial charge >= 0.3 is 5.97 Å². The van der Waals surface area contributed by atoms with Crippen LogP contribution >= 0.6 is 0 Å². The minimum atomic E-state index is -0.783. The number of rotatable bonds is 1. The molecular weight excluding hydrogens is 168 g/mol. The maximum absolute atomic E-state index is 11.1. The summed E-state index contributed by atoms with van der Waals surface area (Å²) in [6.07, 6.45) is 5.22. The monoisotopic (exact) mass is 182 g/mol. The van der Waals surface area contributed by atoms with Crippen LogP contribution in [0, 0.1) is 11.8 Å². The van der Waals surface area contributed by atoms with Crippen molar-refractivity contribution in [3.63, 3.8) is 0 Å². The Labute approximate surface area is 77.1 Å². The highest BCUT2D eigenvalue weighted by Gasteiger charge is 2.56. The lowest BCUT2D eigenvalue weighted by Gasteiger charge is -2.54. The second-order valence-corrected chi connectivity index (χ2v) is 4.89. The van der Waals surface area contributed by atoms with Crippen LogP contribution in [-0.2, 0) is 9.53 Å². The number of ether oxygens (including phenoxy) is 1. The Morgan fingerprint density at radius 1 is 1.23 bits per heavy atom. The SMILES string of the molecule is O=C(O)C12C[C@@H]3CC(C[C@@H](C3)C1)O2. The normalized spacial score (nSPS) is 52.5. The van der Waals surface area contributed by atoms with Crippen molar-refractivity contribution >= 4 is 5.97 Å². The van der Waals surface area contributed by atoms with E-state index in [0.717, 1.165) is 25.7 Å². The highest BCUT2D eigenvalue weighted by molar-refractivity contribution is 5.78. The first-order valence-electron chi connectivity index (χ1n) is 5.09. The third kappa shape index (κ3) is 0.966. The van der Waals surface area contributed by atoms with E-state index in [-0.39, 0.29) is 6.10 Å². The number of carboxylic acids is 1. The molecule has 2 saturated heterocycles. The molecule has 4 atom stereocenters. The predicted molar refractivity (Wildman–Crippen MR) is 45.3 cm³/mol. The van der Waals surface area contributed by atoms with Gasteiger partial charge in [-0.2, -0.15) is 0 Å². The average Bonchev–Trinajstić information content (AvgIpc) is 2.00. The quantitative estimate of drug-likeness (QED) is 0.667. The largest absolute Gasteiger partial charge is 0.479 e. The lowest BCUT2D eigenvalue weighted by Crippen LogP contribution is -2.58. The summed E-state index contributed by atoms with van der Waals surface area (Å²) in [5.74, 6) is 0.524. The van der Waals surface area contributed by atoms with Gasteiger partial charge in [0.1, 0.15) is 0 Å². The van der Waals surface area contributed by atoms with Crippen molar-refractivity contribution in [2.24, 2.45) is 11.8 Å². The van der Waals surface area contributed by atoms with E-state index >= 15 is 0 Å². The Morgan fingerprint density at radius 2 is 1.85 bits per heavy atom. The van der Waals surface area contributed by atoms with Crippen molar-refractivity contribution in [2.75, 3.05) is 0 Å². The molecule has 72 valence electrons. The maximum atomic E-state index is 11.1. The fourth-order valence-electron chi connectivity index (χ4n) is 3.59. The van der Waals surface area contributed by atoms with Crippen molar-refractivity contribution in [3.05, 3.63) is 0 Å². The molecule has 2 heterocycles. The molecule has 4 fully saturated rings. The fourth-order valence-corrected chi connectivity index (χ4v) is 3.59. The molecule has 4 aliphatic rings. The molecule has 3 heteroatoms. The zero-order valence-electron chi connectivity index (χ0n) is 7.53. The number of carboxylic acid groups (broad SMARTS) is 1. The summed E-state index contributed by atoms with van der Waals surface area (Å²) in [5.41, 5.74) is -0.783. The summed E-state index contributed by atoms with van der Waals surface area (Å²) in [4.78, 5) is 11.1. The van der Waals surface area contributed by atoms with Crippen LogP contribution in [0.15, 0.2) is 0 Å². The highest BCUT2D eigenvalue weighted by atomic mass is 16.5. The molecule has 0 aromatic heterocycles. The second kappa shape index (κ2) is 2.27. The summed E-state index contributed by atoms with van der Waals surface area (Å²) in [6, 6.07) is 0. The molecule has 0 spiro atoms. The van der Waals surface area contributed by atoms with Crippen molar-refractivity contribution in [1.29, 1.82) is 0 Å². The molecule has 0 aromatic rings. The van der Waals surface area contributed by atoms with Gasteiger partial charge < -0.3 is 9.84 Å². The van der Waals surface area contributed by atoms with Crippen molar-refractivity contribution in [2.45, 2.75) is 43.8 Å². The first-order chi connectivity index (χ1) is 6.18. The molecule has 4 rings (SSSR count). The summed E-state index contributed by atoms with van der Waals surface area (Å²) >= 11 is 0. The minimum Gasteiger partial charge on any atom is -0.479 e. The van der Waals surface area contributed by atoms with E-state index < -0.39 is 11.6 Å². The van der Waals surface area contributed by atoms with Gasteiger partial charge in [0, 0.05) is 0 Å². The van der Waals surface area contributed by atoms with Crippen molar-refractivity contribution in [1.82, 2.24) is 0 Å². The van der Waals surface area contributed by atoms with Crippen LogP contribution in [0.3, 0.4) is 0 Å². The number of hydrogen-bond donors (Lipinski definition) is 1. The summed E-state index contributed by atoms with van der Waals surface area (Å²) in [7, 11) is 0. The van der Waals surface area contributed by atoms with E-state index in [9.17, 15) is 4.79 Å². The van der Waals surface area contributed by atoms with Crippen LogP contribution in [0.25, 0.3) is 0 Å². The van der Waals surface area contributed by atoms with Gasteiger partial charge in [0.15, 0.2) is 5.60 Å². The number of aliphatic carboxylic acids is 1. The fraction of sp³-hybridized carbons (Fsp3) is 0.900. The van der Waals surface area contributed by atoms with Crippen LogP contribution in [-0.4, -0.2) is 22.8 Å². The number of carbonyl (C=O) groups is 1. The standard InChI is InChI=1S/C10H14O3/c11-9(12)10-4-6-1-7(5-10)3-8(2-6)13-10/h6-8H,1-5H2,(H,11,12)/t6-,7+,8?,10?. The first-order valence-corrected chi connectivity index (χ1v) is 5.09. The molecule has 4 bridgehead atoms. The molecule has 0 amide bonds. The Kier molecular flexibility index (Phi) is 1.36. The zero-order valence-corrected chi connectivity index (χ0v) is 7.53. The Morgan fingerprint density at radius 3 is 2.31 bits per heavy atom. The molecule has 2 aliphatic carbocycles. The van der Waals surface area contributed by atoms with Crippen LogP contribution in [0.2, 0.25) is 0 Å². The molecule has 0 aromatic carbocycles. The molecule has 2 aliphatic heterocycles. The van der Waals surface area contributed by atoms with Gasteiger partial charge in [-0.1, -0.05) is 0 Å². The molecule has 3 nitrogen and oxygen atoms in total.